The molecular weight excluding hydrogens is 363 g/mol. The van der Waals surface area contributed by atoms with E-state index in [9.17, 15) is 23.4 Å². The van der Waals surface area contributed by atoms with E-state index in [1.54, 1.807) is 0 Å². The molecule has 0 aliphatic carbocycles. The molecule has 7 nitrogen and oxygen atoms in total. The predicted octanol–water partition coefficient (Wildman–Crippen LogP) is 0.485. The number of methoxy groups -OCH3 is 1. The van der Waals surface area contributed by atoms with E-state index >= 15 is 0 Å². The molecule has 2 rings (SSSR count). The van der Waals surface area contributed by atoms with Gasteiger partial charge in [-0.25, -0.2) is 4.98 Å². The van der Waals surface area contributed by atoms with Crippen molar-refractivity contribution in [3.8, 4) is 6.07 Å². The van der Waals surface area contributed by atoms with Crippen molar-refractivity contribution in [2.24, 2.45) is 5.73 Å². The fourth-order valence-corrected chi connectivity index (χ4v) is 3.62. The Labute approximate surface area is 145 Å². The molecule has 1 saturated heterocycles. The van der Waals surface area contributed by atoms with Crippen LogP contribution >= 0.6 is 11.8 Å². The number of aliphatic hydroxyl groups excluding tert-OH is 2. The average Bonchev–Trinajstić information content (AvgIpc) is 2.57. The topological polar surface area (TPSA) is 122 Å². The number of hydrogen-bond donors (Lipinski definition) is 3. The third-order valence-electron chi connectivity index (χ3n) is 3.69. The van der Waals surface area contributed by atoms with Crippen LogP contribution in [-0.4, -0.2) is 58.7 Å². The third-order valence-corrected chi connectivity index (χ3v) is 4.79. The van der Waals surface area contributed by atoms with E-state index in [-0.39, 0.29) is 4.90 Å². The first-order chi connectivity index (χ1) is 11.7. The number of nitriles is 1. The first-order valence-corrected chi connectivity index (χ1v) is 7.97. The quantitative estimate of drug-likeness (QED) is 0.691. The molecule has 0 bridgehead atoms. The highest BCUT2D eigenvalue weighted by Crippen LogP contribution is 2.36. The Balaban J connectivity index is 2.27. The lowest BCUT2D eigenvalue weighted by molar-refractivity contribution is -0.167. The fourth-order valence-electron chi connectivity index (χ4n) is 2.42. The van der Waals surface area contributed by atoms with Gasteiger partial charge in [-0.2, -0.15) is 18.4 Å². The first kappa shape index (κ1) is 19.9. The summed E-state index contributed by atoms with van der Waals surface area (Å²) in [6.45, 7) is -0.489. The zero-order chi connectivity index (χ0) is 18.8. The van der Waals surface area contributed by atoms with Crippen LogP contribution in [0.5, 0.6) is 0 Å². The monoisotopic (exact) mass is 379 g/mol. The van der Waals surface area contributed by atoms with Crippen molar-refractivity contribution >= 4 is 11.8 Å². The minimum Gasteiger partial charge on any atom is -0.394 e. The summed E-state index contributed by atoms with van der Waals surface area (Å²) in [5, 5.41) is 28.1. The number of halogens is 3. The van der Waals surface area contributed by atoms with Gasteiger partial charge >= 0.3 is 6.18 Å². The summed E-state index contributed by atoms with van der Waals surface area (Å²) in [6.07, 6.45) is -6.67. The molecule has 11 heteroatoms. The smallest absolute Gasteiger partial charge is 0.394 e. The van der Waals surface area contributed by atoms with Crippen LogP contribution in [0, 0.1) is 11.3 Å². The summed E-state index contributed by atoms with van der Waals surface area (Å²) in [6, 6.07) is 1.64. The Morgan fingerprint density at radius 1 is 1.52 bits per heavy atom. The summed E-state index contributed by atoms with van der Waals surface area (Å²) < 4.78 is 49.1. The van der Waals surface area contributed by atoms with Gasteiger partial charge in [-0.1, -0.05) is 11.8 Å². The summed E-state index contributed by atoms with van der Waals surface area (Å²) in [5.41, 5.74) is 3.18. The standard InChI is InChI=1S/C14H16F3N3O4S/c1-23-11-9(19)10(22)8(5-21)24-13(11)25-7-2-6(3-18)12(20-4-7)14(15,16)17/h2,4,8-11,13,21-22H,5,19H2,1H3. The number of nitrogens with zero attached hydrogens (tertiary/aromatic N) is 2. The second-order valence-corrected chi connectivity index (χ2v) is 6.46. The molecule has 0 radical (unpaired) electrons. The molecule has 0 aromatic carbocycles. The van der Waals surface area contributed by atoms with Crippen LogP contribution in [0.4, 0.5) is 13.2 Å². The molecule has 25 heavy (non-hydrogen) atoms. The van der Waals surface area contributed by atoms with Crippen molar-refractivity contribution in [3.63, 3.8) is 0 Å². The molecule has 1 aromatic rings. The summed E-state index contributed by atoms with van der Waals surface area (Å²) in [5.74, 6) is 0. The molecule has 1 aromatic heterocycles. The van der Waals surface area contributed by atoms with Crippen LogP contribution in [0.3, 0.4) is 0 Å². The lowest BCUT2D eigenvalue weighted by Crippen LogP contribution is -2.61. The summed E-state index contributed by atoms with van der Waals surface area (Å²) in [7, 11) is 1.35. The Morgan fingerprint density at radius 2 is 2.20 bits per heavy atom. The van der Waals surface area contributed by atoms with Gasteiger partial charge in [0.15, 0.2) is 5.69 Å². The zero-order valence-electron chi connectivity index (χ0n) is 13.0. The van der Waals surface area contributed by atoms with E-state index in [1.807, 2.05) is 0 Å². The molecule has 1 aliphatic heterocycles. The van der Waals surface area contributed by atoms with Crippen molar-refractivity contribution in [2.45, 2.75) is 40.9 Å². The number of thioether (sulfide) groups is 1. The maximum absolute atomic E-state index is 12.8. The SMILES string of the molecule is COC1C(Sc2cnc(C(F)(F)F)c(C#N)c2)OC(CO)C(O)C1N. The maximum Gasteiger partial charge on any atom is 0.434 e. The van der Waals surface area contributed by atoms with Gasteiger partial charge in [-0.3, -0.25) is 0 Å². The summed E-state index contributed by atoms with van der Waals surface area (Å²) in [4.78, 5) is 3.55. The van der Waals surface area contributed by atoms with E-state index in [0.717, 1.165) is 24.0 Å². The Bertz CT molecular complexity index is 655. The van der Waals surface area contributed by atoms with Crippen LogP contribution in [0.1, 0.15) is 11.3 Å². The normalized spacial score (nSPS) is 30.1. The Hall–Kier alpha value is -1.42. The number of aromatic nitrogens is 1. The van der Waals surface area contributed by atoms with Crippen LogP contribution in [0.15, 0.2) is 17.2 Å². The van der Waals surface area contributed by atoms with Gasteiger partial charge in [-0.15, -0.1) is 0 Å². The van der Waals surface area contributed by atoms with Gasteiger partial charge < -0.3 is 25.4 Å². The molecule has 5 atom stereocenters. The van der Waals surface area contributed by atoms with Crippen molar-refractivity contribution in [1.29, 1.82) is 5.26 Å². The van der Waals surface area contributed by atoms with Crippen molar-refractivity contribution in [1.82, 2.24) is 4.98 Å². The second-order valence-electron chi connectivity index (χ2n) is 5.29. The van der Waals surface area contributed by atoms with Gasteiger partial charge in [0.1, 0.15) is 29.8 Å². The van der Waals surface area contributed by atoms with Crippen LogP contribution in [-0.2, 0) is 15.7 Å². The fraction of sp³-hybridized carbons (Fsp3) is 0.571. The first-order valence-electron chi connectivity index (χ1n) is 7.09. The maximum atomic E-state index is 12.8. The number of aliphatic hydroxyl groups is 2. The van der Waals surface area contributed by atoms with E-state index in [0.29, 0.717) is 0 Å². The number of alkyl halides is 3. The molecule has 138 valence electrons. The number of nitrogens with two attached hydrogens (primary N) is 1. The van der Waals surface area contributed by atoms with Gasteiger partial charge in [0.2, 0.25) is 0 Å². The minimum absolute atomic E-state index is 0.233. The van der Waals surface area contributed by atoms with E-state index < -0.39 is 53.8 Å². The highest BCUT2D eigenvalue weighted by atomic mass is 32.2. The molecule has 0 saturated carbocycles. The lowest BCUT2D eigenvalue weighted by Gasteiger charge is -2.42. The number of ether oxygens (including phenoxy) is 2. The average molecular weight is 379 g/mol. The minimum atomic E-state index is -4.74. The number of hydrogen-bond acceptors (Lipinski definition) is 8. The molecule has 1 aliphatic rings. The molecule has 4 N–H and O–H groups in total. The number of rotatable bonds is 4. The summed E-state index contributed by atoms with van der Waals surface area (Å²) >= 11 is 0.941. The molecule has 0 spiro atoms. The van der Waals surface area contributed by atoms with Crippen LogP contribution < -0.4 is 5.73 Å². The largest absolute Gasteiger partial charge is 0.434 e. The highest BCUT2D eigenvalue weighted by molar-refractivity contribution is 7.99. The highest BCUT2D eigenvalue weighted by Gasteiger charge is 2.44. The number of pyridine rings is 1. The van der Waals surface area contributed by atoms with Crippen molar-refractivity contribution in [2.75, 3.05) is 13.7 Å². The van der Waals surface area contributed by atoms with Gasteiger partial charge in [-0.05, 0) is 6.07 Å². The van der Waals surface area contributed by atoms with Crippen LogP contribution in [0.2, 0.25) is 0 Å². The van der Waals surface area contributed by atoms with Crippen molar-refractivity contribution < 1.29 is 32.9 Å². The molecule has 2 heterocycles. The van der Waals surface area contributed by atoms with E-state index in [1.165, 1.54) is 13.2 Å². The van der Waals surface area contributed by atoms with Gasteiger partial charge in [0.25, 0.3) is 0 Å². The van der Waals surface area contributed by atoms with Gasteiger partial charge in [0.05, 0.1) is 18.2 Å². The Kier molecular flexibility index (Phi) is 6.26. The molecule has 5 unspecified atom stereocenters. The Morgan fingerprint density at radius 3 is 2.72 bits per heavy atom. The third kappa shape index (κ3) is 4.22. The van der Waals surface area contributed by atoms with E-state index in [2.05, 4.69) is 4.98 Å². The zero-order valence-corrected chi connectivity index (χ0v) is 13.8. The molecule has 0 amide bonds. The second kappa shape index (κ2) is 7.86. The van der Waals surface area contributed by atoms with Crippen molar-refractivity contribution in [3.05, 3.63) is 23.5 Å². The van der Waals surface area contributed by atoms with Gasteiger partial charge in [0, 0.05) is 18.2 Å². The van der Waals surface area contributed by atoms with Crippen LogP contribution in [0.25, 0.3) is 0 Å². The molecule has 1 fully saturated rings. The van der Waals surface area contributed by atoms with E-state index in [4.69, 9.17) is 20.5 Å². The lowest BCUT2D eigenvalue weighted by atomic mass is 9.98. The predicted molar refractivity (Wildman–Crippen MR) is 80.3 cm³/mol. The molecular formula is C14H16F3N3O4S.